The quantitative estimate of drug-likeness (QED) is 0.216. The van der Waals surface area contributed by atoms with Gasteiger partial charge >= 0.3 is 6.61 Å². The summed E-state index contributed by atoms with van der Waals surface area (Å²) in [5, 5.41) is 6.31. The van der Waals surface area contributed by atoms with E-state index in [0.717, 1.165) is 11.4 Å². The maximum Gasteiger partial charge on any atom is 0.387 e. The highest BCUT2D eigenvalue weighted by Gasteiger charge is 2.16. The number of pyridine rings is 1. The predicted molar refractivity (Wildman–Crippen MR) is 133 cm³/mol. The van der Waals surface area contributed by atoms with Gasteiger partial charge in [0.2, 0.25) is 0 Å². The average Bonchev–Trinajstić information content (AvgIpc) is 3.32. The number of hydrogen-bond donors (Lipinski definition) is 2. The summed E-state index contributed by atoms with van der Waals surface area (Å²) in [6.07, 6.45) is 6.90. The van der Waals surface area contributed by atoms with Crippen molar-refractivity contribution in [2.75, 3.05) is 13.2 Å². The van der Waals surface area contributed by atoms with E-state index < -0.39 is 6.61 Å². The molecule has 33 heavy (non-hydrogen) atoms. The number of para-hydroxylation sites is 1. The Labute approximate surface area is 208 Å². The van der Waals surface area contributed by atoms with E-state index in [1.807, 2.05) is 29.8 Å². The van der Waals surface area contributed by atoms with Crippen LogP contribution in [-0.2, 0) is 13.1 Å². The van der Waals surface area contributed by atoms with Gasteiger partial charge in [0.05, 0.1) is 13.2 Å². The Kier molecular flexibility index (Phi) is 10.8. The van der Waals surface area contributed by atoms with E-state index in [4.69, 9.17) is 9.47 Å². The van der Waals surface area contributed by atoms with Crippen LogP contribution < -0.4 is 20.1 Å². The first-order chi connectivity index (χ1) is 15.6. The number of aliphatic imine (C=N–C) groups is 1. The molecule has 0 amide bonds. The van der Waals surface area contributed by atoms with Gasteiger partial charge in [0.1, 0.15) is 12.1 Å². The Morgan fingerprint density at radius 1 is 1.18 bits per heavy atom. The number of alkyl halides is 2. The highest BCUT2D eigenvalue weighted by Crippen LogP contribution is 2.32. The largest absolute Gasteiger partial charge is 0.490 e. The summed E-state index contributed by atoms with van der Waals surface area (Å²) in [7, 11) is 0. The van der Waals surface area contributed by atoms with Crippen molar-refractivity contribution in [1.29, 1.82) is 0 Å². The molecule has 0 aliphatic heterocycles. The second-order valence-corrected chi connectivity index (χ2v) is 6.60. The van der Waals surface area contributed by atoms with E-state index in [0.29, 0.717) is 31.2 Å². The molecule has 1 aromatic carbocycles. The van der Waals surface area contributed by atoms with Crippen LogP contribution in [0.4, 0.5) is 8.78 Å². The molecule has 8 nitrogen and oxygen atoms in total. The zero-order valence-electron chi connectivity index (χ0n) is 18.4. The SMILES string of the molecule is CCNC(=NCc1ccnc(-n2ccnc2)c1)NCc1cccc(OCC)c1OC(F)F.I. The molecule has 0 bridgehead atoms. The predicted octanol–water partition coefficient (Wildman–Crippen LogP) is 4.14. The minimum atomic E-state index is -2.95. The summed E-state index contributed by atoms with van der Waals surface area (Å²) in [5.41, 5.74) is 1.49. The molecule has 2 heterocycles. The molecule has 3 aromatic rings. The first kappa shape index (κ1) is 26.3. The molecular formula is C22H27F2IN6O2. The maximum absolute atomic E-state index is 12.9. The summed E-state index contributed by atoms with van der Waals surface area (Å²) in [5.74, 6) is 1.58. The number of halogens is 3. The third-order valence-corrected chi connectivity index (χ3v) is 4.36. The normalized spacial score (nSPS) is 11.1. The first-order valence-electron chi connectivity index (χ1n) is 10.3. The van der Waals surface area contributed by atoms with Crippen LogP contribution in [0.25, 0.3) is 5.82 Å². The van der Waals surface area contributed by atoms with Crippen LogP contribution in [0.2, 0.25) is 0 Å². The number of ether oxygens (including phenoxy) is 2. The van der Waals surface area contributed by atoms with Crippen molar-refractivity contribution < 1.29 is 18.3 Å². The van der Waals surface area contributed by atoms with Gasteiger partial charge in [-0.3, -0.25) is 4.57 Å². The fraction of sp³-hybridized carbons (Fsp3) is 0.318. The molecule has 0 saturated carbocycles. The fourth-order valence-corrected chi connectivity index (χ4v) is 2.98. The lowest BCUT2D eigenvalue weighted by Gasteiger charge is -2.17. The molecule has 0 radical (unpaired) electrons. The lowest BCUT2D eigenvalue weighted by Crippen LogP contribution is -2.37. The van der Waals surface area contributed by atoms with Gasteiger partial charge in [-0.25, -0.2) is 15.0 Å². The van der Waals surface area contributed by atoms with Crippen LogP contribution in [0.5, 0.6) is 11.5 Å². The third kappa shape index (κ3) is 7.84. The van der Waals surface area contributed by atoms with E-state index in [2.05, 4.69) is 25.6 Å². The van der Waals surface area contributed by atoms with Crippen molar-refractivity contribution in [2.24, 2.45) is 4.99 Å². The second kappa shape index (κ2) is 13.6. The maximum atomic E-state index is 12.9. The summed E-state index contributed by atoms with van der Waals surface area (Å²) in [6, 6.07) is 8.85. The summed E-state index contributed by atoms with van der Waals surface area (Å²) >= 11 is 0. The Morgan fingerprint density at radius 2 is 2.03 bits per heavy atom. The molecule has 0 atom stereocenters. The van der Waals surface area contributed by atoms with Crippen LogP contribution in [0, 0.1) is 0 Å². The van der Waals surface area contributed by atoms with Crippen LogP contribution in [0.3, 0.4) is 0 Å². The van der Waals surface area contributed by atoms with E-state index >= 15 is 0 Å². The minimum Gasteiger partial charge on any atom is -0.490 e. The van der Waals surface area contributed by atoms with Crippen molar-refractivity contribution in [3.63, 3.8) is 0 Å². The Balaban J connectivity index is 0.00000385. The van der Waals surface area contributed by atoms with Crippen molar-refractivity contribution in [3.05, 3.63) is 66.4 Å². The molecule has 11 heteroatoms. The number of rotatable bonds is 10. The van der Waals surface area contributed by atoms with E-state index in [1.54, 1.807) is 43.8 Å². The zero-order valence-corrected chi connectivity index (χ0v) is 20.7. The number of hydrogen-bond acceptors (Lipinski definition) is 5. The molecule has 3 rings (SSSR count). The highest BCUT2D eigenvalue weighted by atomic mass is 127. The van der Waals surface area contributed by atoms with Crippen LogP contribution >= 0.6 is 24.0 Å². The fourth-order valence-electron chi connectivity index (χ4n) is 2.98. The Morgan fingerprint density at radius 3 is 2.73 bits per heavy atom. The number of nitrogens with one attached hydrogen (secondary N) is 2. The van der Waals surface area contributed by atoms with Gasteiger partial charge in [-0.15, -0.1) is 24.0 Å². The molecule has 0 spiro atoms. The van der Waals surface area contributed by atoms with Crippen molar-refractivity contribution >= 4 is 29.9 Å². The number of nitrogens with zero attached hydrogens (tertiary/aromatic N) is 4. The smallest absolute Gasteiger partial charge is 0.387 e. The van der Waals surface area contributed by atoms with Crippen LogP contribution in [0.15, 0.2) is 60.2 Å². The monoisotopic (exact) mass is 572 g/mol. The summed E-state index contributed by atoms with van der Waals surface area (Å²) in [4.78, 5) is 13.0. The van der Waals surface area contributed by atoms with Crippen molar-refractivity contribution in [1.82, 2.24) is 25.2 Å². The van der Waals surface area contributed by atoms with Gasteiger partial charge in [-0.1, -0.05) is 12.1 Å². The number of aromatic nitrogens is 3. The lowest BCUT2D eigenvalue weighted by atomic mass is 10.2. The molecule has 0 unspecified atom stereocenters. The molecule has 2 N–H and O–H groups in total. The van der Waals surface area contributed by atoms with Crippen LogP contribution in [-0.4, -0.2) is 40.3 Å². The van der Waals surface area contributed by atoms with Gasteiger partial charge in [0.15, 0.2) is 17.5 Å². The number of imidazole rings is 1. The van der Waals surface area contributed by atoms with Crippen molar-refractivity contribution in [2.45, 2.75) is 33.5 Å². The first-order valence-corrected chi connectivity index (χ1v) is 10.3. The Hall–Kier alpha value is -2.96. The molecule has 178 valence electrons. The van der Waals surface area contributed by atoms with E-state index in [-0.39, 0.29) is 42.0 Å². The van der Waals surface area contributed by atoms with Gasteiger partial charge in [-0.05, 0) is 37.6 Å². The Bertz CT molecular complexity index is 1020. The van der Waals surface area contributed by atoms with Gasteiger partial charge in [-0.2, -0.15) is 8.78 Å². The van der Waals surface area contributed by atoms with E-state index in [1.165, 1.54) is 0 Å². The highest BCUT2D eigenvalue weighted by molar-refractivity contribution is 14.0. The zero-order chi connectivity index (χ0) is 22.8. The van der Waals surface area contributed by atoms with Gasteiger partial charge in [0.25, 0.3) is 0 Å². The second-order valence-electron chi connectivity index (χ2n) is 6.60. The average molecular weight is 572 g/mol. The number of guanidine groups is 1. The molecule has 0 aliphatic carbocycles. The standard InChI is InChI=1S/C22H26F2N6O2.HI/c1-3-26-22(28-13-16-8-9-27-19(12-16)30-11-10-25-15-30)29-14-17-6-5-7-18(31-4-2)20(17)32-21(23)24;/h5-12,15,21H,3-4,13-14H2,1-2H3,(H2,26,28,29);1H. The molecular weight excluding hydrogens is 545 g/mol. The lowest BCUT2D eigenvalue weighted by molar-refractivity contribution is -0.0520. The molecule has 0 aliphatic rings. The summed E-state index contributed by atoms with van der Waals surface area (Å²) in [6.45, 7) is 2.39. The van der Waals surface area contributed by atoms with Crippen molar-refractivity contribution in [3.8, 4) is 17.3 Å². The molecule has 0 fully saturated rings. The topological polar surface area (TPSA) is 85.6 Å². The van der Waals surface area contributed by atoms with E-state index in [9.17, 15) is 8.78 Å². The summed E-state index contributed by atoms with van der Waals surface area (Å²) < 4.78 is 37.9. The van der Waals surface area contributed by atoms with Crippen LogP contribution in [0.1, 0.15) is 25.0 Å². The van der Waals surface area contributed by atoms with Gasteiger partial charge < -0.3 is 20.1 Å². The van der Waals surface area contributed by atoms with Gasteiger partial charge in [0, 0.05) is 37.2 Å². The third-order valence-electron chi connectivity index (χ3n) is 4.36. The minimum absolute atomic E-state index is 0. The number of benzene rings is 1. The molecule has 0 saturated heterocycles. The molecule has 2 aromatic heterocycles.